The van der Waals surface area contributed by atoms with Crippen molar-refractivity contribution in [3.63, 3.8) is 0 Å². The molecule has 1 heterocycles. The normalized spacial score (nSPS) is 29.3. The topological polar surface area (TPSA) is 52.6 Å². The third-order valence-corrected chi connectivity index (χ3v) is 4.80. The highest BCUT2D eigenvalue weighted by molar-refractivity contribution is 5.70. The second kappa shape index (κ2) is 6.66. The number of likely N-dealkylation sites (tertiary alicyclic amines) is 1. The zero-order valence-electron chi connectivity index (χ0n) is 14.1. The summed E-state index contributed by atoms with van der Waals surface area (Å²) in [5.41, 5.74) is 0.238. The molecule has 21 heavy (non-hydrogen) atoms. The molecule has 1 saturated heterocycles. The highest BCUT2D eigenvalue weighted by Gasteiger charge is 2.39. The van der Waals surface area contributed by atoms with Crippen molar-refractivity contribution in [3.05, 3.63) is 0 Å². The molecule has 1 aliphatic carbocycles. The van der Waals surface area contributed by atoms with Gasteiger partial charge < -0.3 is 10.4 Å². The van der Waals surface area contributed by atoms with Crippen LogP contribution in [0.5, 0.6) is 0 Å². The van der Waals surface area contributed by atoms with E-state index in [-0.39, 0.29) is 11.3 Å². The van der Waals surface area contributed by atoms with Gasteiger partial charge in [-0.2, -0.15) is 0 Å². The number of aliphatic carboxylic acids is 1. The van der Waals surface area contributed by atoms with E-state index in [2.05, 4.69) is 37.9 Å². The maximum absolute atomic E-state index is 11.5. The Hall–Kier alpha value is -0.610. The molecule has 4 nitrogen and oxygen atoms in total. The van der Waals surface area contributed by atoms with E-state index in [0.29, 0.717) is 12.1 Å². The molecule has 0 aromatic carbocycles. The minimum absolute atomic E-state index is 0.219. The highest BCUT2D eigenvalue weighted by Crippen LogP contribution is 2.38. The van der Waals surface area contributed by atoms with E-state index in [0.717, 1.165) is 38.4 Å². The summed E-state index contributed by atoms with van der Waals surface area (Å²) in [6, 6.07) is 0.901. The molecule has 3 atom stereocenters. The first-order valence-electron chi connectivity index (χ1n) is 8.50. The molecule has 2 fully saturated rings. The molecule has 0 radical (unpaired) electrons. The van der Waals surface area contributed by atoms with Gasteiger partial charge >= 0.3 is 5.97 Å². The third kappa shape index (κ3) is 4.96. The fourth-order valence-electron chi connectivity index (χ4n) is 3.55. The van der Waals surface area contributed by atoms with Crippen molar-refractivity contribution >= 4 is 5.97 Å². The second-order valence-electron chi connectivity index (χ2n) is 8.18. The van der Waals surface area contributed by atoms with Crippen LogP contribution in [0.15, 0.2) is 0 Å². The highest BCUT2D eigenvalue weighted by atomic mass is 16.4. The van der Waals surface area contributed by atoms with E-state index in [4.69, 9.17) is 0 Å². The summed E-state index contributed by atoms with van der Waals surface area (Å²) in [5, 5.41) is 13.1. The average Bonchev–Trinajstić information content (AvgIpc) is 3.21. The van der Waals surface area contributed by atoms with Crippen molar-refractivity contribution in [2.75, 3.05) is 19.6 Å². The Bertz CT molecular complexity index is 360. The van der Waals surface area contributed by atoms with Gasteiger partial charge in [-0.3, -0.25) is 9.69 Å². The zero-order chi connectivity index (χ0) is 15.6. The number of hydrogen-bond acceptors (Lipinski definition) is 3. The summed E-state index contributed by atoms with van der Waals surface area (Å²) in [6.07, 6.45) is 4.56. The van der Waals surface area contributed by atoms with Crippen LogP contribution >= 0.6 is 0 Å². The van der Waals surface area contributed by atoms with Crippen LogP contribution in [0, 0.1) is 17.3 Å². The van der Waals surface area contributed by atoms with Crippen molar-refractivity contribution in [1.29, 1.82) is 0 Å². The van der Waals surface area contributed by atoms with Crippen LogP contribution in [0.25, 0.3) is 0 Å². The first-order chi connectivity index (χ1) is 9.80. The Morgan fingerprint density at radius 1 is 1.33 bits per heavy atom. The fourth-order valence-corrected chi connectivity index (χ4v) is 3.55. The van der Waals surface area contributed by atoms with Crippen molar-refractivity contribution in [2.24, 2.45) is 17.3 Å². The lowest BCUT2D eigenvalue weighted by Gasteiger charge is -2.41. The van der Waals surface area contributed by atoms with Gasteiger partial charge in [-0.1, -0.05) is 27.7 Å². The lowest BCUT2D eigenvalue weighted by Crippen LogP contribution is -2.55. The van der Waals surface area contributed by atoms with Crippen LogP contribution < -0.4 is 5.32 Å². The number of piperidine rings is 1. The van der Waals surface area contributed by atoms with Gasteiger partial charge in [0.25, 0.3) is 0 Å². The maximum Gasteiger partial charge on any atom is 0.307 e. The largest absolute Gasteiger partial charge is 0.481 e. The minimum Gasteiger partial charge on any atom is -0.481 e. The summed E-state index contributed by atoms with van der Waals surface area (Å²) in [7, 11) is 0. The summed E-state index contributed by atoms with van der Waals surface area (Å²) < 4.78 is 0. The lowest BCUT2D eigenvalue weighted by atomic mass is 9.90. The first kappa shape index (κ1) is 16.8. The van der Waals surface area contributed by atoms with Crippen molar-refractivity contribution in [1.82, 2.24) is 10.2 Å². The summed E-state index contributed by atoms with van der Waals surface area (Å²) >= 11 is 0. The van der Waals surface area contributed by atoms with E-state index >= 15 is 0 Å². The molecule has 2 N–H and O–H groups in total. The quantitative estimate of drug-likeness (QED) is 0.791. The molecular formula is C17H32N2O2. The Morgan fingerprint density at radius 2 is 2.00 bits per heavy atom. The van der Waals surface area contributed by atoms with E-state index in [1.54, 1.807) is 0 Å². The van der Waals surface area contributed by atoms with Crippen LogP contribution in [0.1, 0.15) is 53.4 Å². The molecule has 0 aromatic rings. The number of carbonyl (C=O) groups is 1. The Labute approximate surface area is 129 Å². The molecule has 0 aromatic heterocycles. The number of nitrogens with one attached hydrogen (secondary N) is 1. The molecule has 122 valence electrons. The van der Waals surface area contributed by atoms with Gasteiger partial charge in [-0.05, 0) is 37.0 Å². The molecule has 0 spiro atoms. The van der Waals surface area contributed by atoms with Crippen LogP contribution in [-0.4, -0.2) is 47.7 Å². The smallest absolute Gasteiger partial charge is 0.307 e. The standard InChI is InChI=1S/C17H32N2O2/c1-5-15(12-6-7-12)19-9-13(16(20)21)8-14(10-19)18-11-17(2,3)4/h12-15,18H,5-11H2,1-4H3,(H,20,21). The van der Waals surface area contributed by atoms with E-state index in [9.17, 15) is 9.90 Å². The number of nitrogens with zero attached hydrogens (tertiary/aromatic N) is 1. The van der Waals surface area contributed by atoms with E-state index in [1.807, 2.05) is 0 Å². The Balaban J connectivity index is 1.99. The second-order valence-corrected chi connectivity index (χ2v) is 8.18. The number of hydrogen-bond donors (Lipinski definition) is 2. The third-order valence-electron chi connectivity index (χ3n) is 4.80. The Morgan fingerprint density at radius 3 is 2.48 bits per heavy atom. The molecule has 0 bridgehead atoms. The van der Waals surface area contributed by atoms with E-state index < -0.39 is 5.97 Å². The zero-order valence-corrected chi connectivity index (χ0v) is 14.1. The molecular weight excluding hydrogens is 264 g/mol. The lowest BCUT2D eigenvalue weighted by molar-refractivity contribution is -0.144. The molecule has 0 amide bonds. The predicted molar refractivity (Wildman–Crippen MR) is 85.4 cm³/mol. The van der Waals surface area contributed by atoms with Gasteiger partial charge in [-0.25, -0.2) is 0 Å². The SMILES string of the molecule is CCC(C1CC1)N1CC(NCC(C)(C)C)CC(C(=O)O)C1. The Kier molecular flexibility index (Phi) is 5.31. The summed E-state index contributed by atoms with van der Waals surface area (Å²) in [4.78, 5) is 13.9. The minimum atomic E-state index is -0.632. The first-order valence-corrected chi connectivity index (χ1v) is 8.50. The van der Waals surface area contributed by atoms with Gasteiger partial charge in [0.2, 0.25) is 0 Å². The number of carboxylic acids is 1. The summed E-state index contributed by atoms with van der Waals surface area (Å²) in [6.45, 7) is 11.6. The molecule has 1 aliphatic heterocycles. The van der Waals surface area contributed by atoms with Crippen LogP contribution in [0.2, 0.25) is 0 Å². The van der Waals surface area contributed by atoms with Crippen LogP contribution in [0.3, 0.4) is 0 Å². The van der Waals surface area contributed by atoms with E-state index in [1.165, 1.54) is 12.8 Å². The number of carboxylic acid groups (broad SMARTS) is 1. The molecule has 4 heteroatoms. The van der Waals surface area contributed by atoms with Crippen LogP contribution in [0.4, 0.5) is 0 Å². The van der Waals surface area contributed by atoms with Gasteiger partial charge in [0.05, 0.1) is 5.92 Å². The van der Waals surface area contributed by atoms with Crippen molar-refractivity contribution in [3.8, 4) is 0 Å². The molecule has 2 aliphatic rings. The predicted octanol–water partition coefficient (Wildman–Crippen LogP) is 2.59. The fraction of sp³-hybridized carbons (Fsp3) is 0.941. The molecule has 1 saturated carbocycles. The average molecular weight is 296 g/mol. The molecule has 3 unspecified atom stereocenters. The van der Waals surface area contributed by atoms with Crippen molar-refractivity contribution < 1.29 is 9.90 Å². The molecule has 2 rings (SSSR count). The van der Waals surface area contributed by atoms with Crippen molar-refractivity contribution in [2.45, 2.75) is 65.5 Å². The van der Waals surface area contributed by atoms with Gasteiger partial charge in [0, 0.05) is 31.7 Å². The van der Waals surface area contributed by atoms with Gasteiger partial charge in [-0.15, -0.1) is 0 Å². The van der Waals surface area contributed by atoms with Gasteiger partial charge in [0.15, 0.2) is 0 Å². The monoisotopic (exact) mass is 296 g/mol. The van der Waals surface area contributed by atoms with Crippen LogP contribution in [-0.2, 0) is 4.79 Å². The number of rotatable bonds is 6. The maximum atomic E-state index is 11.5. The summed E-state index contributed by atoms with van der Waals surface area (Å²) in [5.74, 6) is -0.0391. The van der Waals surface area contributed by atoms with Gasteiger partial charge in [0.1, 0.15) is 0 Å².